The van der Waals surface area contributed by atoms with Crippen LogP contribution in [0.15, 0.2) is 46.9 Å². The van der Waals surface area contributed by atoms with Crippen LogP contribution in [0.2, 0.25) is 0 Å². The fourth-order valence-electron chi connectivity index (χ4n) is 1.83. The maximum absolute atomic E-state index is 12.5. The zero-order chi connectivity index (χ0) is 13.8. The van der Waals surface area contributed by atoms with Gasteiger partial charge in [-0.2, -0.15) is 0 Å². The van der Waals surface area contributed by atoms with Gasteiger partial charge in [0.2, 0.25) is 0 Å². The maximum atomic E-state index is 12.5. The minimum absolute atomic E-state index is 0.0600. The second-order valence-electron chi connectivity index (χ2n) is 4.00. The largest absolute Gasteiger partial charge is 0.496 e. The first-order valence-corrected chi connectivity index (χ1v) is 6.61. The van der Waals surface area contributed by atoms with Gasteiger partial charge in [0.1, 0.15) is 5.75 Å². The van der Waals surface area contributed by atoms with Crippen LogP contribution >= 0.6 is 15.9 Å². The number of carbonyl (C=O) groups excluding carboxylic acids is 1. The fraction of sp³-hybridized carbons (Fsp3) is 0.133. The molecule has 1 N–H and O–H groups in total. The highest BCUT2D eigenvalue weighted by atomic mass is 79.9. The van der Waals surface area contributed by atoms with Crippen LogP contribution in [0.4, 0.5) is 5.69 Å². The van der Waals surface area contributed by atoms with Gasteiger partial charge in [-0.15, -0.1) is 0 Å². The summed E-state index contributed by atoms with van der Waals surface area (Å²) in [5.74, 6) is 0.512. The van der Waals surface area contributed by atoms with Gasteiger partial charge in [-0.05, 0) is 30.3 Å². The van der Waals surface area contributed by atoms with Crippen LogP contribution in [-0.2, 0) is 0 Å². The standard InChI is InChI=1S/C15H14BrNO2/c1-17-12-5-3-4-10(8-12)15(18)13-9-11(16)6-7-14(13)19-2/h3-9,17H,1-2H3. The molecule has 2 rings (SSSR count). The lowest BCUT2D eigenvalue weighted by molar-refractivity contribution is 0.103. The molecule has 2 aromatic rings. The molecule has 0 bridgehead atoms. The van der Waals surface area contributed by atoms with E-state index >= 15 is 0 Å². The summed E-state index contributed by atoms with van der Waals surface area (Å²) < 4.78 is 6.09. The molecule has 0 saturated carbocycles. The molecule has 0 radical (unpaired) electrons. The first-order chi connectivity index (χ1) is 9.15. The number of hydrogen-bond donors (Lipinski definition) is 1. The molecule has 2 aromatic carbocycles. The highest BCUT2D eigenvalue weighted by Crippen LogP contribution is 2.26. The summed E-state index contributed by atoms with van der Waals surface area (Å²) >= 11 is 3.37. The third-order valence-corrected chi connectivity index (χ3v) is 3.31. The molecule has 3 nitrogen and oxygen atoms in total. The molecule has 0 fully saturated rings. The van der Waals surface area contributed by atoms with Crippen LogP contribution in [0, 0.1) is 0 Å². The Hall–Kier alpha value is -1.81. The van der Waals surface area contributed by atoms with Crippen molar-refractivity contribution < 1.29 is 9.53 Å². The number of benzene rings is 2. The number of ketones is 1. The Morgan fingerprint density at radius 2 is 2.00 bits per heavy atom. The van der Waals surface area contributed by atoms with Crippen molar-refractivity contribution in [2.45, 2.75) is 0 Å². The van der Waals surface area contributed by atoms with Gasteiger partial charge >= 0.3 is 0 Å². The Kier molecular flexibility index (Phi) is 4.22. The lowest BCUT2D eigenvalue weighted by Crippen LogP contribution is -2.04. The average molecular weight is 320 g/mol. The van der Waals surface area contributed by atoms with Crippen molar-refractivity contribution in [3.63, 3.8) is 0 Å². The minimum atomic E-state index is -0.0600. The zero-order valence-corrected chi connectivity index (χ0v) is 12.3. The molecule has 0 aromatic heterocycles. The zero-order valence-electron chi connectivity index (χ0n) is 10.7. The number of methoxy groups -OCH3 is 1. The van der Waals surface area contributed by atoms with Gasteiger partial charge in [0.25, 0.3) is 0 Å². The quantitative estimate of drug-likeness (QED) is 0.873. The first kappa shape index (κ1) is 13.6. The van der Waals surface area contributed by atoms with Crippen molar-refractivity contribution in [3.05, 3.63) is 58.1 Å². The lowest BCUT2D eigenvalue weighted by atomic mass is 10.0. The van der Waals surface area contributed by atoms with E-state index in [-0.39, 0.29) is 5.78 Å². The van der Waals surface area contributed by atoms with E-state index < -0.39 is 0 Å². The number of halogens is 1. The molecule has 0 atom stereocenters. The van der Waals surface area contributed by atoms with Gasteiger partial charge in [0, 0.05) is 22.8 Å². The van der Waals surface area contributed by atoms with E-state index in [4.69, 9.17) is 4.74 Å². The van der Waals surface area contributed by atoms with Crippen molar-refractivity contribution in [1.29, 1.82) is 0 Å². The SMILES string of the molecule is CNc1cccc(C(=O)c2cc(Br)ccc2OC)c1. The number of ether oxygens (including phenoxy) is 1. The number of hydrogen-bond acceptors (Lipinski definition) is 3. The van der Waals surface area contributed by atoms with Gasteiger partial charge in [0.05, 0.1) is 12.7 Å². The second kappa shape index (κ2) is 5.89. The topological polar surface area (TPSA) is 38.3 Å². The Morgan fingerprint density at radius 1 is 1.21 bits per heavy atom. The van der Waals surface area contributed by atoms with Crippen molar-refractivity contribution in [2.24, 2.45) is 0 Å². The first-order valence-electron chi connectivity index (χ1n) is 5.81. The van der Waals surface area contributed by atoms with E-state index in [1.807, 2.05) is 31.3 Å². The molecule has 4 heteroatoms. The Balaban J connectivity index is 2.46. The van der Waals surface area contributed by atoms with Crippen LogP contribution in [0.1, 0.15) is 15.9 Å². The van der Waals surface area contributed by atoms with Crippen molar-refractivity contribution in [1.82, 2.24) is 0 Å². The molecule has 0 aliphatic carbocycles. The van der Waals surface area contributed by atoms with Gasteiger partial charge in [-0.25, -0.2) is 0 Å². The smallest absolute Gasteiger partial charge is 0.196 e. The third kappa shape index (κ3) is 2.96. The van der Waals surface area contributed by atoms with Crippen molar-refractivity contribution >= 4 is 27.4 Å². The molecular formula is C15H14BrNO2. The van der Waals surface area contributed by atoms with Gasteiger partial charge < -0.3 is 10.1 Å². The molecule has 0 spiro atoms. The predicted octanol–water partition coefficient (Wildman–Crippen LogP) is 3.73. The molecule has 0 heterocycles. The van der Waals surface area contributed by atoms with E-state index in [2.05, 4.69) is 21.2 Å². The molecule has 0 unspecified atom stereocenters. The van der Waals surface area contributed by atoms with Gasteiger partial charge in [0.15, 0.2) is 5.78 Å². The number of rotatable bonds is 4. The van der Waals surface area contributed by atoms with Crippen LogP contribution in [-0.4, -0.2) is 19.9 Å². The van der Waals surface area contributed by atoms with Gasteiger partial charge in [-0.3, -0.25) is 4.79 Å². The summed E-state index contributed by atoms with van der Waals surface area (Å²) in [5, 5.41) is 3.02. The van der Waals surface area contributed by atoms with Crippen molar-refractivity contribution in [2.75, 3.05) is 19.5 Å². The Morgan fingerprint density at radius 3 is 2.68 bits per heavy atom. The molecule has 0 aliphatic heterocycles. The monoisotopic (exact) mass is 319 g/mol. The normalized spacial score (nSPS) is 10.1. The highest BCUT2D eigenvalue weighted by molar-refractivity contribution is 9.10. The molecule has 19 heavy (non-hydrogen) atoms. The molecule has 0 saturated heterocycles. The van der Waals surface area contributed by atoms with Crippen LogP contribution in [0.25, 0.3) is 0 Å². The fourth-order valence-corrected chi connectivity index (χ4v) is 2.19. The highest BCUT2D eigenvalue weighted by Gasteiger charge is 2.15. The minimum Gasteiger partial charge on any atom is -0.496 e. The summed E-state index contributed by atoms with van der Waals surface area (Å²) in [6.07, 6.45) is 0. The van der Waals surface area contributed by atoms with Gasteiger partial charge in [-0.1, -0.05) is 28.1 Å². The Labute approximate surface area is 120 Å². The maximum Gasteiger partial charge on any atom is 0.196 e. The second-order valence-corrected chi connectivity index (χ2v) is 4.92. The summed E-state index contributed by atoms with van der Waals surface area (Å²) in [7, 11) is 3.38. The molecule has 0 aliphatic rings. The summed E-state index contributed by atoms with van der Waals surface area (Å²) in [6, 6.07) is 12.8. The van der Waals surface area contributed by atoms with E-state index in [1.54, 1.807) is 25.3 Å². The van der Waals surface area contributed by atoms with Crippen LogP contribution < -0.4 is 10.1 Å². The summed E-state index contributed by atoms with van der Waals surface area (Å²) in [6.45, 7) is 0. The number of carbonyl (C=O) groups is 1. The summed E-state index contributed by atoms with van der Waals surface area (Å²) in [4.78, 5) is 12.5. The average Bonchev–Trinajstić information content (AvgIpc) is 2.46. The van der Waals surface area contributed by atoms with E-state index in [1.165, 1.54) is 0 Å². The lowest BCUT2D eigenvalue weighted by Gasteiger charge is -2.09. The summed E-state index contributed by atoms with van der Waals surface area (Å²) in [5.41, 5.74) is 2.08. The predicted molar refractivity (Wildman–Crippen MR) is 80.1 cm³/mol. The molecule has 98 valence electrons. The van der Waals surface area contributed by atoms with Crippen LogP contribution in [0.3, 0.4) is 0 Å². The number of nitrogens with one attached hydrogen (secondary N) is 1. The van der Waals surface area contributed by atoms with Crippen LogP contribution in [0.5, 0.6) is 5.75 Å². The van der Waals surface area contributed by atoms with E-state index in [0.29, 0.717) is 16.9 Å². The van der Waals surface area contributed by atoms with Crippen molar-refractivity contribution in [3.8, 4) is 5.75 Å². The van der Waals surface area contributed by atoms with E-state index in [9.17, 15) is 4.79 Å². The third-order valence-electron chi connectivity index (χ3n) is 2.82. The molecule has 0 amide bonds. The van der Waals surface area contributed by atoms with E-state index in [0.717, 1.165) is 10.2 Å². The number of anilines is 1. The molecular weight excluding hydrogens is 306 g/mol. The Bertz CT molecular complexity index is 611.